The largest absolute Gasteiger partial charge is 0.508 e. The second-order valence-electron chi connectivity index (χ2n) is 4.95. The van der Waals surface area contributed by atoms with E-state index in [2.05, 4.69) is 5.32 Å². The zero-order valence-electron chi connectivity index (χ0n) is 10.7. The van der Waals surface area contributed by atoms with E-state index in [1.807, 2.05) is 12.1 Å². The molecule has 2 N–H and O–H groups in total. The fraction of sp³-hybridized carbons (Fsp3) is 0.500. The molecule has 98 valence electrons. The number of aromatic hydroxyl groups is 1. The zero-order valence-corrected chi connectivity index (χ0v) is 10.7. The van der Waals surface area contributed by atoms with Crippen LogP contribution >= 0.6 is 0 Å². The highest BCUT2D eigenvalue weighted by atomic mass is 16.3. The Morgan fingerprint density at radius 1 is 1.33 bits per heavy atom. The van der Waals surface area contributed by atoms with E-state index >= 15 is 0 Å². The van der Waals surface area contributed by atoms with Gasteiger partial charge in [0.05, 0.1) is 0 Å². The lowest BCUT2D eigenvalue weighted by Gasteiger charge is -2.21. The number of phenols is 1. The maximum absolute atomic E-state index is 11.9. The molecule has 1 aliphatic rings. The summed E-state index contributed by atoms with van der Waals surface area (Å²) in [6.07, 6.45) is 4.62. The lowest BCUT2D eigenvalue weighted by Crippen LogP contribution is -2.41. The summed E-state index contributed by atoms with van der Waals surface area (Å²) >= 11 is 0. The van der Waals surface area contributed by atoms with Gasteiger partial charge in [0.1, 0.15) is 5.75 Å². The first-order valence-electron chi connectivity index (χ1n) is 6.44. The van der Waals surface area contributed by atoms with Crippen molar-refractivity contribution in [1.29, 1.82) is 0 Å². The van der Waals surface area contributed by atoms with Crippen molar-refractivity contribution in [3.63, 3.8) is 0 Å². The van der Waals surface area contributed by atoms with Crippen molar-refractivity contribution < 1.29 is 9.90 Å². The van der Waals surface area contributed by atoms with Gasteiger partial charge in [-0.25, -0.2) is 4.79 Å². The second kappa shape index (κ2) is 5.76. The minimum Gasteiger partial charge on any atom is -0.508 e. The van der Waals surface area contributed by atoms with Crippen molar-refractivity contribution in [3.05, 3.63) is 29.8 Å². The maximum atomic E-state index is 11.9. The number of carbonyl (C=O) groups is 1. The molecule has 0 saturated heterocycles. The lowest BCUT2D eigenvalue weighted by atomic mass is 10.2. The van der Waals surface area contributed by atoms with Crippen LogP contribution in [-0.4, -0.2) is 29.1 Å². The highest BCUT2D eigenvalue weighted by Gasteiger charge is 2.18. The fourth-order valence-corrected chi connectivity index (χ4v) is 2.30. The number of carbonyl (C=O) groups excluding carboxylic acids is 1. The Morgan fingerprint density at radius 3 is 2.56 bits per heavy atom. The van der Waals surface area contributed by atoms with Crippen LogP contribution in [0.15, 0.2) is 24.3 Å². The molecular weight excluding hydrogens is 228 g/mol. The van der Waals surface area contributed by atoms with Crippen LogP contribution in [0.1, 0.15) is 31.2 Å². The molecule has 1 saturated carbocycles. The van der Waals surface area contributed by atoms with Crippen LogP contribution in [0.3, 0.4) is 0 Å². The van der Waals surface area contributed by atoms with Crippen LogP contribution in [0.4, 0.5) is 4.79 Å². The molecule has 18 heavy (non-hydrogen) atoms. The van der Waals surface area contributed by atoms with Gasteiger partial charge >= 0.3 is 6.03 Å². The Labute approximate surface area is 108 Å². The van der Waals surface area contributed by atoms with Gasteiger partial charge in [-0.15, -0.1) is 0 Å². The van der Waals surface area contributed by atoms with Crippen LogP contribution in [0, 0.1) is 0 Å². The van der Waals surface area contributed by atoms with Crippen LogP contribution in [0.25, 0.3) is 0 Å². The molecule has 0 aliphatic heterocycles. The second-order valence-corrected chi connectivity index (χ2v) is 4.95. The van der Waals surface area contributed by atoms with Gasteiger partial charge in [-0.2, -0.15) is 0 Å². The van der Waals surface area contributed by atoms with Gasteiger partial charge in [-0.1, -0.05) is 25.0 Å². The van der Waals surface area contributed by atoms with E-state index in [9.17, 15) is 9.90 Å². The molecule has 0 aromatic heterocycles. The highest BCUT2D eigenvalue weighted by Crippen LogP contribution is 2.18. The summed E-state index contributed by atoms with van der Waals surface area (Å²) in [4.78, 5) is 13.6. The minimum absolute atomic E-state index is 0.0185. The molecule has 0 heterocycles. The summed E-state index contributed by atoms with van der Waals surface area (Å²) < 4.78 is 0. The van der Waals surface area contributed by atoms with E-state index in [0.717, 1.165) is 18.4 Å². The Bertz CT molecular complexity index is 397. The molecule has 2 amide bonds. The van der Waals surface area contributed by atoms with Gasteiger partial charge in [0.25, 0.3) is 0 Å². The average Bonchev–Trinajstić information content (AvgIpc) is 2.85. The number of phenolic OH excluding ortho intramolecular Hbond substituents is 1. The molecule has 0 spiro atoms. The molecule has 1 aromatic rings. The van der Waals surface area contributed by atoms with Crippen LogP contribution in [0.2, 0.25) is 0 Å². The van der Waals surface area contributed by atoms with Crippen molar-refractivity contribution in [1.82, 2.24) is 10.2 Å². The molecule has 2 rings (SSSR count). The monoisotopic (exact) mass is 248 g/mol. The van der Waals surface area contributed by atoms with Crippen molar-refractivity contribution in [2.45, 2.75) is 38.3 Å². The maximum Gasteiger partial charge on any atom is 0.317 e. The normalized spacial score (nSPS) is 15.6. The quantitative estimate of drug-likeness (QED) is 0.863. The third-order valence-corrected chi connectivity index (χ3v) is 3.39. The Kier molecular flexibility index (Phi) is 4.07. The molecule has 1 aromatic carbocycles. The number of rotatable bonds is 3. The first kappa shape index (κ1) is 12.7. The van der Waals surface area contributed by atoms with E-state index in [1.165, 1.54) is 12.8 Å². The molecule has 4 nitrogen and oxygen atoms in total. The van der Waals surface area contributed by atoms with Gasteiger partial charge in [-0.3, -0.25) is 0 Å². The van der Waals surface area contributed by atoms with Gasteiger partial charge < -0.3 is 15.3 Å². The number of hydrogen-bond acceptors (Lipinski definition) is 2. The molecule has 0 atom stereocenters. The van der Waals surface area contributed by atoms with Crippen molar-refractivity contribution in [2.24, 2.45) is 0 Å². The third-order valence-electron chi connectivity index (χ3n) is 3.39. The van der Waals surface area contributed by atoms with Crippen LogP contribution in [-0.2, 0) is 6.54 Å². The summed E-state index contributed by atoms with van der Waals surface area (Å²) in [6.45, 7) is 0.554. The first-order valence-corrected chi connectivity index (χ1v) is 6.44. The zero-order chi connectivity index (χ0) is 13.0. The summed E-state index contributed by atoms with van der Waals surface area (Å²) in [5.41, 5.74) is 1.01. The molecule has 0 bridgehead atoms. The summed E-state index contributed by atoms with van der Waals surface area (Å²) in [5, 5.41) is 12.2. The van der Waals surface area contributed by atoms with Gasteiger partial charge in [0.15, 0.2) is 0 Å². The number of nitrogens with zero attached hydrogens (tertiary/aromatic N) is 1. The number of hydrogen-bond donors (Lipinski definition) is 2. The molecule has 0 unspecified atom stereocenters. The van der Waals surface area contributed by atoms with E-state index < -0.39 is 0 Å². The fourth-order valence-electron chi connectivity index (χ4n) is 2.30. The highest BCUT2D eigenvalue weighted by molar-refractivity contribution is 5.74. The molecule has 1 aliphatic carbocycles. The molecule has 0 radical (unpaired) electrons. The minimum atomic E-state index is -0.0185. The van der Waals surface area contributed by atoms with E-state index in [1.54, 1.807) is 24.1 Å². The van der Waals surface area contributed by atoms with Crippen molar-refractivity contribution in [2.75, 3.05) is 7.05 Å². The first-order chi connectivity index (χ1) is 8.65. The Balaban J connectivity index is 1.84. The van der Waals surface area contributed by atoms with E-state index in [-0.39, 0.29) is 11.8 Å². The van der Waals surface area contributed by atoms with E-state index in [4.69, 9.17) is 0 Å². The Hall–Kier alpha value is -1.71. The molecule has 1 fully saturated rings. The standard InChI is InChI=1S/C14H20N2O2/c1-16(10-11-6-8-13(17)9-7-11)14(18)15-12-4-2-3-5-12/h6-9,12,17H,2-5,10H2,1H3,(H,15,18). The number of benzene rings is 1. The van der Waals surface area contributed by atoms with Crippen LogP contribution < -0.4 is 5.32 Å². The molecule has 4 heteroatoms. The smallest absolute Gasteiger partial charge is 0.317 e. The summed E-state index contributed by atoms with van der Waals surface area (Å²) in [5.74, 6) is 0.247. The Morgan fingerprint density at radius 2 is 1.94 bits per heavy atom. The van der Waals surface area contributed by atoms with Crippen molar-refractivity contribution in [3.8, 4) is 5.75 Å². The third kappa shape index (κ3) is 3.39. The van der Waals surface area contributed by atoms with Gasteiger partial charge in [0.2, 0.25) is 0 Å². The van der Waals surface area contributed by atoms with E-state index in [0.29, 0.717) is 12.6 Å². The lowest BCUT2D eigenvalue weighted by molar-refractivity contribution is 0.203. The molecular formula is C14H20N2O2. The predicted octanol–water partition coefficient (Wildman–Crippen LogP) is 2.48. The van der Waals surface area contributed by atoms with Crippen LogP contribution in [0.5, 0.6) is 5.75 Å². The van der Waals surface area contributed by atoms with Gasteiger partial charge in [-0.05, 0) is 30.5 Å². The SMILES string of the molecule is CN(Cc1ccc(O)cc1)C(=O)NC1CCCC1. The number of urea groups is 1. The summed E-state index contributed by atoms with van der Waals surface area (Å²) in [6, 6.07) is 7.26. The predicted molar refractivity (Wildman–Crippen MR) is 70.4 cm³/mol. The van der Waals surface area contributed by atoms with Crippen molar-refractivity contribution >= 4 is 6.03 Å². The van der Waals surface area contributed by atoms with Gasteiger partial charge in [0, 0.05) is 19.6 Å². The average molecular weight is 248 g/mol. The number of nitrogens with one attached hydrogen (secondary N) is 1. The number of amides is 2. The summed E-state index contributed by atoms with van der Waals surface area (Å²) in [7, 11) is 1.79. The topological polar surface area (TPSA) is 52.6 Å².